The van der Waals surface area contributed by atoms with E-state index < -0.39 is 35.0 Å². The molecule has 0 radical (unpaired) electrons. The van der Waals surface area contributed by atoms with Crippen molar-refractivity contribution in [2.75, 3.05) is 5.73 Å². The van der Waals surface area contributed by atoms with Gasteiger partial charge in [-0.2, -0.15) is 26.3 Å². The first-order chi connectivity index (χ1) is 10.6. The van der Waals surface area contributed by atoms with Crippen LogP contribution in [0, 0.1) is 0 Å². The second-order valence-corrected chi connectivity index (χ2v) is 4.68. The number of rotatable bonds is 3. The Morgan fingerprint density at radius 2 is 1.17 bits per heavy atom. The third-order valence-electron chi connectivity index (χ3n) is 3.15. The summed E-state index contributed by atoms with van der Waals surface area (Å²) < 4.78 is 85.6. The first kappa shape index (κ1) is 17.0. The van der Waals surface area contributed by atoms with Crippen molar-refractivity contribution in [1.82, 2.24) is 0 Å². The highest BCUT2D eigenvalue weighted by Crippen LogP contribution is 2.54. The van der Waals surface area contributed by atoms with Gasteiger partial charge in [-0.25, -0.2) is 0 Å². The second kappa shape index (κ2) is 5.68. The molecule has 23 heavy (non-hydrogen) atoms. The van der Waals surface area contributed by atoms with Crippen LogP contribution in [0.2, 0.25) is 0 Å². The molecule has 2 nitrogen and oxygen atoms in total. The average molecular weight is 335 g/mol. The summed E-state index contributed by atoms with van der Waals surface area (Å²) in [6.07, 6.45) is -11.6. The topological polar surface area (TPSA) is 35.2 Å². The number of alkyl halides is 6. The number of para-hydroxylation sites is 2. The molecule has 0 amide bonds. The van der Waals surface area contributed by atoms with Crippen molar-refractivity contribution in [1.29, 1.82) is 0 Å². The van der Waals surface area contributed by atoms with E-state index in [1.54, 1.807) is 0 Å². The van der Waals surface area contributed by atoms with Gasteiger partial charge in [-0.05, 0) is 18.2 Å². The van der Waals surface area contributed by atoms with Crippen LogP contribution in [0.4, 0.5) is 32.0 Å². The Kier molecular flexibility index (Phi) is 4.19. The molecular formula is C15H11F6NO. The molecule has 8 heteroatoms. The van der Waals surface area contributed by atoms with Gasteiger partial charge >= 0.3 is 18.0 Å². The molecule has 0 atom stereocenters. The second-order valence-electron chi connectivity index (χ2n) is 4.68. The molecular weight excluding hydrogens is 324 g/mol. The Hall–Kier alpha value is -2.38. The number of ether oxygens (including phenoxy) is 1. The first-order valence-electron chi connectivity index (χ1n) is 6.32. The van der Waals surface area contributed by atoms with E-state index in [-0.39, 0.29) is 0 Å². The van der Waals surface area contributed by atoms with Crippen LogP contribution in [-0.2, 0) is 5.60 Å². The zero-order valence-corrected chi connectivity index (χ0v) is 11.4. The molecule has 2 N–H and O–H groups in total. The van der Waals surface area contributed by atoms with Gasteiger partial charge in [-0.1, -0.05) is 36.4 Å². The molecule has 0 aromatic heterocycles. The van der Waals surface area contributed by atoms with Crippen molar-refractivity contribution in [2.24, 2.45) is 0 Å². The molecule has 0 fully saturated rings. The van der Waals surface area contributed by atoms with Crippen LogP contribution in [0.1, 0.15) is 5.56 Å². The van der Waals surface area contributed by atoms with E-state index in [0.717, 1.165) is 24.3 Å². The number of hydrogen-bond acceptors (Lipinski definition) is 2. The maximum Gasteiger partial charge on any atom is 0.442 e. The van der Waals surface area contributed by atoms with Crippen molar-refractivity contribution < 1.29 is 31.1 Å². The summed E-state index contributed by atoms with van der Waals surface area (Å²) in [6, 6.07) is 9.85. The Bertz CT molecular complexity index is 652. The van der Waals surface area contributed by atoms with Gasteiger partial charge in [0, 0.05) is 11.3 Å². The van der Waals surface area contributed by atoms with Gasteiger partial charge in [0.2, 0.25) is 0 Å². The zero-order chi connectivity index (χ0) is 17.3. The van der Waals surface area contributed by atoms with Crippen LogP contribution in [0.3, 0.4) is 0 Å². The van der Waals surface area contributed by atoms with Gasteiger partial charge in [0.25, 0.3) is 0 Å². The van der Waals surface area contributed by atoms with E-state index in [1.165, 1.54) is 24.3 Å². The first-order valence-corrected chi connectivity index (χ1v) is 6.32. The van der Waals surface area contributed by atoms with E-state index in [9.17, 15) is 26.3 Å². The Labute approximate surface area is 127 Å². The molecule has 0 unspecified atom stereocenters. The Morgan fingerprint density at radius 3 is 1.65 bits per heavy atom. The van der Waals surface area contributed by atoms with Gasteiger partial charge in [0.1, 0.15) is 5.75 Å². The van der Waals surface area contributed by atoms with E-state index >= 15 is 0 Å². The molecule has 0 aliphatic carbocycles. The van der Waals surface area contributed by atoms with Crippen LogP contribution >= 0.6 is 0 Å². The average Bonchev–Trinajstić information content (AvgIpc) is 2.44. The largest absolute Gasteiger partial charge is 0.464 e. The Morgan fingerprint density at radius 1 is 0.696 bits per heavy atom. The number of nitrogens with two attached hydrogens (primary N) is 1. The molecule has 0 saturated carbocycles. The highest BCUT2D eigenvalue weighted by atomic mass is 19.4. The van der Waals surface area contributed by atoms with Gasteiger partial charge in [0.15, 0.2) is 0 Å². The molecule has 2 aromatic rings. The molecule has 2 aromatic carbocycles. The number of halogens is 6. The van der Waals surface area contributed by atoms with E-state index in [2.05, 4.69) is 4.74 Å². The lowest BCUT2D eigenvalue weighted by molar-refractivity contribution is -0.364. The highest BCUT2D eigenvalue weighted by molar-refractivity contribution is 5.52. The van der Waals surface area contributed by atoms with E-state index in [0.29, 0.717) is 6.07 Å². The van der Waals surface area contributed by atoms with Crippen LogP contribution in [0.15, 0.2) is 54.6 Å². The van der Waals surface area contributed by atoms with Crippen molar-refractivity contribution in [3.8, 4) is 5.75 Å². The third-order valence-corrected chi connectivity index (χ3v) is 3.15. The van der Waals surface area contributed by atoms with Gasteiger partial charge in [0.05, 0.1) is 0 Å². The fraction of sp³-hybridized carbons (Fsp3) is 0.200. The minimum atomic E-state index is -5.78. The molecule has 0 aliphatic heterocycles. The minimum absolute atomic E-state index is 0.578. The fourth-order valence-electron chi connectivity index (χ4n) is 2.12. The fourth-order valence-corrected chi connectivity index (χ4v) is 2.12. The summed E-state index contributed by atoms with van der Waals surface area (Å²) in [5.74, 6) is -0.578. The van der Waals surface area contributed by atoms with Gasteiger partial charge in [-0.15, -0.1) is 0 Å². The van der Waals surface area contributed by atoms with Crippen molar-refractivity contribution >= 4 is 5.69 Å². The SMILES string of the molecule is Nc1ccccc1C(Oc1ccccc1)(C(F)(F)F)C(F)(F)F. The van der Waals surface area contributed by atoms with Crippen molar-refractivity contribution in [3.63, 3.8) is 0 Å². The van der Waals surface area contributed by atoms with E-state index in [1.807, 2.05) is 0 Å². The standard InChI is InChI=1S/C15H11F6NO/c16-14(17,18)13(15(19,20)21,11-8-4-5-9-12(11)22)23-10-6-2-1-3-7-10/h1-9H,22H2. The highest BCUT2D eigenvalue weighted by Gasteiger charge is 2.75. The van der Waals surface area contributed by atoms with Gasteiger partial charge < -0.3 is 10.5 Å². The maximum absolute atomic E-state index is 13.5. The monoisotopic (exact) mass is 335 g/mol. The summed E-state index contributed by atoms with van der Waals surface area (Å²) in [7, 11) is 0. The van der Waals surface area contributed by atoms with Crippen LogP contribution in [0.5, 0.6) is 5.75 Å². The summed E-state index contributed by atoms with van der Waals surface area (Å²) in [5.41, 5.74) is -1.06. The van der Waals surface area contributed by atoms with Crippen LogP contribution in [-0.4, -0.2) is 12.4 Å². The number of benzene rings is 2. The summed E-state index contributed by atoms with van der Waals surface area (Å²) in [6.45, 7) is 0. The van der Waals surface area contributed by atoms with Crippen molar-refractivity contribution in [2.45, 2.75) is 18.0 Å². The van der Waals surface area contributed by atoms with Crippen LogP contribution < -0.4 is 10.5 Å². The smallest absolute Gasteiger partial charge is 0.442 e. The lowest BCUT2D eigenvalue weighted by atomic mass is 9.90. The molecule has 2 rings (SSSR count). The van der Waals surface area contributed by atoms with E-state index in [4.69, 9.17) is 5.73 Å². The molecule has 0 saturated heterocycles. The molecule has 0 spiro atoms. The summed E-state index contributed by atoms with van der Waals surface area (Å²) >= 11 is 0. The number of hydrogen-bond donors (Lipinski definition) is 1. The molecule has 124 valence electrons. The summed E-state index contributed by atoms with van der Waals surface area (Å²) in [5, 5.41) is 0. The minimum Gasteiger partial charge on any atom is -0.464 e. The maximum atomic E-state index is 13.5. The van der Waals surface area contributed by atoms with Crippen LogP contribution in [0.25, 0.3) is 0 Å². The lowest BCUT2D eigenvalue weighted by Crippen LogP contribution is -2.58. The van der Waals surface area contributed by atoms with Gasteiger partial charge in [-0.3, -0.25) is 0 Å². The third kappa shape index (κ3) is 2.93. The number of nitrogen functional groups attached to an aromatic ring is 1. The zero-order valence-electron chi connectivity index (χ0n) is 11.4. The molecule has 0 bridgehead atoms. The number of anilines is 1. The Balaban J connectivity index is 2.74. The molecule has 0 aliphatic rings. The lowest BCUT2D eigenvalue weighted by Gasteiger charge is -2.38. The predicted octanol–water partition coefficient (Wildman–Crippen LogP) is 4.67. The predicted molar refractivity (Wildman–Crippen MR) is 71.7 cm³/mol. The summed E-state index contributed by atoms with van der Waals surface area (Å²) in [4.78, 5) is 0. The molecule has 0 heterocycles. The van der Waals surface area contributed by atoms with Crippen molar-refractivity contribution in [3.05, 3.63) is 60.2 Å². The quantitative estimate of drug-likeness (QED) is 0.654. The normalized spacial score (nSPS) is 13.0.